The van der Waals surface area contributed by atoms with Crippen molar-refractivity contribution in [1.29, 1.82) is 0 Å². The van der Waals surface area contributed by atoms with Crippen molar-refractivity contribution in [1.82, 2.24) is 5.32 Å². The Hall–Kier alpha value is -1.06. The van der Waals surface area contributed by atoms with Gasteiger partial charge in [0.1, 0.15) is 0 Å². The van der Waals surface area contributed by atoms with Crippen LogP contribution >= 0.6 is 0 Å². The number of rotatable bonds is 4. The fourth-order valence-electron chi connectivity index (χ4n) is 2.89. The summed E-state index contributed by atoms with van der Waals surface area (Å²) in [5.41, 5.74) is 4.36. The number of aliphatic hydroxyl groups excluding tert-OH is 1. The first-order valence-corrected chi connectivity index (χ1v) is 6.21. The lowest BCUT2D eigenvalue weighted by molar-refractivity contribution is 0.292. The fourth-order valence-corrected chi connectivity index (χ4v) is 2.89. The lowest BCUT2D eigenvalue weighted by Gasteiger charge is -2.21. The second-order valence-electron chi connectivity index (χ2n) is 5.45. The number of fused-ring (bicyclic) bond motifs is 1. The highest BCUT2D eigenvalue weighted by Gasteiger charge is 2.34. The number of hydrogen-bond acceptors (Lipinski definition) is 3. The van der Waals surface area contributed by atoms with Gasteiger partial charge < -0.3 is 15.3 Å². The number of nitrogens with one attached hydrogen (secondary N) is 1. The Morgan fingerprint density at radius 1 is 1.41 bits per heavy atom. The van der Waals surface area contributed by atoms with Gasteiger partial charge >= 0.3 is 0 Å². The molecule has 0 saturated carbocycles. The van der Waals surface area contributed by atoms with Gasteiger partial charge in [0.05, 0.1) is 6.61 Å². The van der Waals surface area contributed by atoms with E-state index in [1.54, 1.807) is 0 Å². The summed E-state index contributed by atoms with van der Waals surface area (Å²) in [5.74, 6) is 0. The van der Waals surface area contributed by atoms with Gasteiger partial charge in [0.15, 0.2) is 0 Å². The molecule has 3 nitrogen and oxygen atoms in total. The first-order chi connectivity index (χ1) is 8.06. The summed E-state index contributed by atoms with van der Waals surface area (Å²) < 4.78 is 0. The molecule has 0 amide bonds. The molecule has 0 unspecified atom stereocenters. The van der Waals surface area contributed by atoms with Crippen molar-refractivity contribution >= 4 is 5.69 Å². The largest absolute Gasteiger partial charge is 0.395 e. The minimum Gasteiger partial charge on any atom is -0.395 e. The molecule has 0 bridgehead atoms. The Morgan fingerprint density at radius 2 is 2.18 bits per heavy atom. The Morgan fingerprint density at radius 3 is 2.88 bits per heavy atom. The molecule has 2 rings (SSSR count). The van der Waals surface area contributed by atoms with Gasteiger partial charge in [-0.3, -0.25) is 0 Å². The Labute approximate surface area is 103 Å². The first-order valence-electron chi connectivity index (χ1n) is 6.21. The molecule has 0 aliphatic carbocycles. The van der Waals surface area contributed by atoms with Gasteiger partial charge in [-0.05, 0) is 17.2 Å². The van der Waals surface area contributed by atoms with Crippen LogP contribution in [0.15, 0.2) is 18.2 Å². The van der Waals surface area contributed by atoms with Crippen LogP contribution in [0.25, 0.3) is 0 Å². The third kappa shape index (κ3) is 2.31. The van der Waals surface area contributed by atoms with Crippen LogP contribution in [0.5, 0.6) is 0 Å². The molecule has 3 heteroatoms. The monoisotopic (exact) mass is 234 g/mol. The smallest absolute Gasteiger partial charge is 0.0556 e. The van der Waals surface area contributed by atoms with E-state index >= 15 is 0 Å². The minimum absolute atomic E-state index is 0.193. The molecule has 0 aromatic heterocycles. The maximum absolute atomic E-state index is 8.81. The SMILES string of the molecule is CN1CC(C)(C)c2c(CNCCO)cccc21. The van der Waals surface area contributed by atoms with Gasteiger partial charge in [-0.15, -0.1) is 0 Å². The quantitative estimate of drug-likeness (QED) is 0.775. The summed E-state index contributed by atoms with van der Waals surface area (Å²) in [6.45, 7) is 7.34. The van der Waals surface area contributed by atoms with Crippen LogP contribution in [0.4, 0.5) is 5.69 Å². The predicted octanol–water partition coefficient (Wildman–Crippen LogP) is 1.50. The molecule has 0 atom stereocenters. The van der Waals surface area contributed by atoms with Crippen molar-refractivity contribution in [2.75, 3.05) is 31.6 Å². The van der Waals surface area contributed by atoms with Crippen molar-refractivity contribution in [2.45, 2.75) is 25.8 Å². The Kier molecular flexibility index (Phi) is 3.40. The van der Waals surface area contributed by atoms with E-state index in [1.807, 2.05) is 0 Å². The molecule has 1 aromatic carbocycles. The number of aliphatic hydroxyl groups is 1. The summed E-state index contributed by atoms with van der Waals surface area (Å²) in [7, 11) is 2.15. The molecule has 0 fully saturated rings. The normalized spacial score (nSPS) is 17.3. The van der Waals surface area contributed by atoms with E-state index in [0.717, 1.165) is 13.1 Å². The predicted molar refractivity (Wildman–Crippen MR) is 71.5 cm³/mol. The van der Waals surface area contributed by atoms with Crippen molar-refractivity contribution in [3.63, 3.8) is 0 Å². The molecule has 0 radical (unpaired) electrons. The van der Waals surface area contributed by atoms with E-state index in [1.165, 1.54) is 16.8 Å². The molecular formula is C14H22N2O. The Bertz CT molecular complexity index is 401. The lowest BCUT2D eigenvalue weighted by atomic mass is 9.84. The molecule has 17 heavy (non-hydrogen) atoms. The number of nitrogens with zero attached hydrogens (tertiary/aromatic N) is 1. The number of benzene rings is 1. The first kappa shape index (κ1) is 12.4. The maximum atomic E-state index is 8.81. The number of hydrogen-bond donors (Lipinski definition) is 2. The average Bonchev–Trinajstić information content (AvgIpc) is 2.51. The van der Waals surface area contributed by atoms with Gasteiger partial charge in [0, 0.05) is 37.8 Å². The average molecular weight is 234 g/mol. The zero-order chi connectivity index (χ0) is 12.5. The second kappa shape index (κ2) is 4.67. The third-order valence-electron chi connectivity index (χ3n) is 3.45. The van der Waals surface area contributed by atoms with E-state index in [-0.39, 0.29) is 12.0 Å². The highest BCUT2D eigenvalue weighted by Crippen LogP contribution is 2.41. The zero-order valence-electron chi connectivity index (χ0n) is 11.0. The summed E-state index contributed by atoms with van der Waals surface area (Å²) in [4.78, 5) is 2.32. The van der Waals surface area contributed by atoms with Crippen molar-refractivity contribution in [3.05, 3.63) is 29.3 Å². The third-order valence-corrected chi connectivity index (χ3v) is 3.45. The summed E-state index contributed by atoms with van der Waals surface area (Å²) in [5, 5.41) is 12.1. The fraction of sp³-hybridized carbons (Fsp3) is 0.571. The molecule has 1 aliphatic heterocycles. The van der Waals surface area contributed by atoms with Crippen LogP contribution in [-0.4, -0.2) is 31.9 Å². The Balaban J connectivity index is 2.29. The van der Waals surface area contributed by atoms with E-state index < -0.39 is 0 Å². The molecule has 1 heterocycles. The molecular weight excluding hydrogens is 212 g/mol. The van der Waals surface area contributed by atoms with Gasteiger partial charge in [-0.25, -0.2) is 0 Å². The molecule has 94 valence electrons. The number of anilines is 1. The van der Waals surface area contributed by atoms with Crippen LogP contribution in [0.1, 0.15) is 25.0 Å². The van der Waals surface area contributed by atoms with Crippen molar-refractivity contribution < 1.29 is 5.11 Å². The molecule has 2 N–H and O–H groups in total. The molecule has 1 aliphatic rings. The summed E-state index contributed by atoms with van der Waals surface area (Å²) >= 11 is 0. The van der Waals surface area contributed by atoms with Crippen LogP contribution in [0, 0.1) is 0 Å². The van der Waals surface area contributed by atoms with E-state index in [2.05, 4.69) is 49.3 Å². The van der Waals surface area contributed by atoms with Crippen molar-refractivity contribution in [3.8, 4) is 0 Å². The number of likely N-dealkylation sites (N-methyl/N-ethyl adjacent to an activating group) is 1. The van der Waals surface area contributed by atoms with E-state index in [9.17, 15) is 0 Å². The van der Waals surface area contributed by atoms with Gasteiger partial charge in [0.25, 0.3) is 0 Å². The highest BCUT2D eigenvalue weighted by molar-refractivity contribution is 5.64. The van der Waals surface area contributed by atoms with Crippen LogP contribution in [0.2, 0.25) is 0 Å². The summed E-state index contributed by atoms with van der Waals surface area (Å²) in [6.07, 6.45) is 0. The van der Waals surface area contributed by atoms with E-state index in [0.29, 0.717) is 6.54 Å². The van der Waals surface area contributed by atoms with Crippen LogP contribution in [-0.2, 0) is 12.0 Å². The second-order valence-corrected chi connectivity index (χ2v) is 5.45. The zero-order valence-corrected chi connectivity index (χ0v) is 11.0. The van der Waals surface area contributed by atoms with Gasteiger partial charge in [-0.1, -0.05) is 26.0 Å². The van der Waals surface area contributed by atoms with Gasteiger partial charge in [-0.2, -0.15) is 0 Å². The summed E-state index contributed by atoms with van der Waals surface area (Å²) in [6, 6.07) is 6.50. The highest BCUT2D eigenvalue weighted by atomic mass is 16.3. The minimum atomic E-state index is 0.193. The van der Waals surface area contributed by atoms with Crippen molar-refractivity contribution in [2.24, 2.45) is 0 Å². The standard InChI is InChI=1S/C14H22N2O/c1-14(2)10-16(3)12-6-4-5-11(13(12)14)9-15-7-8-17/h4-6,15,17H,7-10H2,1-3H3. The molecule has 1 aromatic rings. The topological polar surface area (TPSA) is 35.5 Å². The maximum Gasteiger partial charge on any atom is 0.0556 e. The van der Waals surface area contributed by atoms with Crippen LogP contribution < -0.4 is 10.2 Å². The van der Waals surface area contributed by atoms with E-state index in [4.69, 9.17) is 5.11 Å². The molecule has 0 saturated heterocycles. The molecule has 0 spiro atoms. The lowest BCUT2D eigenvalue weighted by Crippen LogP contribution is -2.26. The van der Waals surface area contributed by atoms with Crippen LogP contribution in [0.3, 0.4) is 0 Å². The van der Waals surface area contributed by atoms with Gasteiger partial charge in [0.2, 0.25) is 0 Å².